The lowest BCUT2D eigenvalue weighted by Gasteiger charge is -2.23. The monoisotopic (exact) mass is 224 g/mol. The van der Waals surface area contributed by atoms with Gasteiger partial charge in [-0.3, -0.25) is 4.79 Å². The predicted octanol–water partition coefficient (Wildman–Crippen LogP) is 0.863. The van der Waals surface area contributed by atoms with Crippen LogP contribution in [0.1, 0.15) is 6.92 Å². The highest BCUT2D eigenvalue weighted by molar-refractivity contribution is 5.79. The van der Waals surface area contributed by atoms with Crippen LogP contribution in [0.5, 0.6) is 0 Å². The van der Waals surface area contributed by atoms with Gasteiger partial charge in [-0.15, -0.1) is 0 Å². The molecule has 1 aliphatic rings. The van der Waals surface area contributed by atoms with Crippen molar-refractivity contribution in [2.75, 3.05) is 26.7 Å². The molecule has 0 aliphatic carbocycles. The Hall–Kier alpha value is -0.780. The Morgan fingerprint density at radius 2 is 2.07 bits per heavy atom. The lowest BCUT2D eigenvalue weighted by atomic mass is 9.97. The van der Waals surface area contributed by atoms with Gasteiger partial charge in [0.15, 0.2) is 0 Å². The highest BCUT2D eigenvalue weighted by Gasteiger charge is 2.36. The summed E-state index contributed by atoms with van der Waals surface area (Å²) >= 11 is 0. The predicted molar refractivity (Wildman–Crippen MR) is 49.2 cm³/mol. The van der Waals surface area contributed by atoms with Crippen molar-refractivity contribution in [1.82, 2.24) is 10.2 Å². The number of carbonyl (C=O) groups excluding carboxylic acids is 1. The standard InChI is InChI=1S/C9H15F3N2O/c1-6-3-13-4-7(6)8(15)14(2)5-9(10,11)12/h6-7,13H,3-5H2,1-2H3/t6-,7-/m1/s1. The van der Waals surface area contributed by atoms with E-state index < -0.39 is 18.6 Å². The molecule has 0 saturated carbocycles. The number of nitrogens with zero attached hydrogens (tertiary/aromatic N) is 1. The van der Waals surface area contributed by atoms with Gasteiger partial charge >= 0.3 is 6.18 Å². The van der Waals surface area contributed by atoms with E-state index in [1.807, 2.05) is 6.92 Å². The summed E-state index contributed by atoms with van der Waals surface area (Å²) in [6, 6.07) is 0. The van der Waals surface area contributed by atoms with Crippen molar-refractivity contribution in [1.29, 1.82) is 0 Å². The van der Waals surface area contributed by atoms with E-state index in [1.54, 1.807) is 0 Å². The molecule has 88 valence electrons. The highest BCUT2D eigenvalue weighted by Crippen LogP contribution is 2.21. The van der Waals surface area contributed by atoms with Gasteiger partial charge in [0.05, 0.1) is 5.92 Å². The highest BCUT2D eigenvalue weighted by atomic mass is 19.4. The molecule has 0 bridgehead atoms. The van der Waals surface area contributed by atoms with Gasteiger partial charge in [-0.05, 0) is 12.5 Å². The molecular weight excluding hydrogens is 209 g/mol. The smallest absolute Gasteiger partial charge is 0.336 e. The summed E-state index contributed by atoms with van der Waals surface area (Å²) in [7, 11) is 1.20. The molecule has 1 heterocycles. The van der Waals surface area contributed by atoms with E-state index in [2.05, 4.69) is 5.32 Å². The van der Waals surface area contributed by atoms with Crippen LogP contribution in [-0.2, 0) is 4.79 Å². The third-order valence-electron chi connectivity index (χ3n) is 2.63. The zero-order valence-corrected chi connectivity index (χ0v) is 8.77. The van der Waals surface area contributed by atoms with Gasteiger partial charge in [0, 0.05) is 13.6 Å². The number of halogens is 3. The molecule has 1 saturated heterocycles. The number of hydrogen-bond acceptors (Lipinski definition) is 2. The minimum atomic E-state index is -4.32. The van der Waals surface area contributed by atoms with E-state index in [1.165, 1.54) is 7.05 Å². The first kappa shape index (κ1) is 12.3. The van der Waals surface area contributed by atoms with Crippen molar-refractivity contribution in [2.45, 2.75) is 13.1 Å². The Morgan fingerprint density at radius 1 is 1.47 bits per heavy atom. The van der Waals surface area contributed by atoms with Crippen LogP contribution >= 0.6 is 0 Å². The average molecular weight is 224 g/mol. The maximum absolute atomic E-state index is 12.0. The van der Waals surface area contributed by atoms with E-state index in [0.29, 0.717) is 13.1 Å². The average Bonchev–Trinajstić information content (AvgIpc) is 2.47. The second-order valence-corrected chi connectivity index (χ2v) is 4.05. The lowest BCUT2D eigenvalue weighted by Crippen LogP contribution is -2.41. The lowest BCUT2D eigenvalue weighted by molar-refractivity contribution is -0.161. The van der Waals surface area contributed by atoms with Crippen LogP contribution in [0, 0.1) is 11.8 Å². The van der Waals surface area contributed by atoms with Crippen LogP contribution in [0.4, 0.5) is 13.2 Å². The summed E-state index contributed by atoms with van der Waals surface area (Å²) < 4.78 is 36.1. The van der Waals surface area contributed by atoms with Crippen LogP contribution in [0.2, 0.25) is 0 Å². The molecule has 0 spiro atoms. The van der Waals surface area contributed by atoms with Crippen molar-refractivity contribution in [3.05, 3.63) is 0 Å². The Balaban J connectivity index is 2.52. The SMILES string of the molecule is C[C@@H]1CNC[C@H]1C(=O)N(C)CC(F)(F)F. The molecule has 0 aromatic rings. The Morgan fingerprint density at radius 3 is 2.47 bits per heavy atom. The molecule has 3 nitrogen and oxygen atoms in total. The van der Waals surface area contributed by atoms with Gasteiger partial charge in [0.2, 0.25) is 5.91 Å². The number of alkyl halides is 3. The number of hydrogen-bond donors (Lipinski definition) is 1. The fourth-order valence-corrected chi connectivity index (χ4v) is 1.77. The van der Waals surface area contributed by atoms with Crippen molar-refractivity contribution in [3.63, 3.8) is 0 Å². The van der Waals surface area contributed by atoms with E-state index >= 15 is 0 Å². The number of rotatable bonds is 2. The Labute approximate surface area is 86.6 Å². The van der Waals surface area contributed by atoms with Gasteiger partial charge in [0.25, 0.3) is 0 Å². The molecule has 1 amide bonds. The normalized spacial score (nSPS) is 26.7. The minimum Gasteiger partial charge on any atom is -0.336 e. The first-order valence-corrected chi connectivity index (χ1v) is 4.83. The van der Waals surface area contributed by atoms with E-state index in [-0.39, 0.29) is 11.8 Å². The summed E-state index contributed by atoms with van der Waals surface area (Å²) in [6.07, 6.45) is -4.32. The fraction of sp³-hybridized carbons (Fsp3) is 0.889. The summed E-state index contributed by atoms with van der Waals surface area (Å²) in [5.74, 6) is -0.643. The summed E-state index contributed by atoms with van der Waals surface area (Å²) in [4.78, 5) is 12.4. The third kappa shape index (κ3) is 3.37. The molecule has 15 heavy (non-hydrogen) atoms. The third-order valence-corrected chi connectivity index (χ3v) is 2.63. The molecular formula is C9H15F3N2O. The zero-order chi connectivity index (χ0) is 11.6. The maximum atomic E-state index is 12.0. The van der Waals surface area contributed by atoms with Crippen LogP contribution in [-0.4, -0.2) is 43.7 Å². The van der Waals surface area contributed by atoms with Crippen LogP contribution in [0.3, 0.4) is 0 Å². The summed E-state index contributed by atoms with van der Waals surface area (Å²) in [6.45, 7) is 1.86. The van der Waals surface area contributed by atoms with Crippen LogP contribution < -0.4 is 5.32 Å². The van der Waals surface area contributed by atoms with Gasteiger partial charge in [-0.25, -0.2) is 0 Å². The second-order valence-electron chi connectivity index (χ2n) is 4.05. The second kappa shape index (κ2) is 4.38. The molecule has 1 aliphatic heterocycles. The van der Waals surface area contributed by atoms with Crippen LogP contribution in [0.15, 0.2) is 0 Å². The minimum absolute atomic E-state index is 0.105. The van der Waals surface area contributed by atoms with E-state index in [0.717, 1.165) is 4.90 Å². The Bertz CT molecular complexity index is 242. The quantitative estimate of drug-likeness (QED) is 0.754. The zero-order valence-electron chi connectivity index (χ0n) is 8.77. The van der Waals surface area contributed by atoms with Crippen LogP contribution in [0.25, 0.3) is 0 Å². The molecule has 1 N–H and O–H groups in total. The fourth-order valence-electron chi connectivity index (χ4n) is 1.77. The van der Waals surface area contributed by atoms with Gasteiger partial charge < -0.3 is 10.2 Å². The van der Waals surface area contributed by atoms with Gasteiger partial charge in [-0.1, -0.05) is 6.92 Å². The molecule has 0 aromatic heterocycles. The largest absolute Gasteiger partial charge is 0.406 e. The maximum Gasteiger partial charge on any atom is 0.406 e. The molecule has 1 fully saturated rings. The molecule has 0 aromatic carbocycles. The van der Waals surface area contributed by atoms with Crippen molar-refractivity contribution in [3.8, 4) is 0 Å². The summed E-state index contributed by atoms with van der Waals surface area (Å²) in [5.41, 5.74) is 0. The number of amides is 1. The number of carbonyl (C=O) groups is 1. The van der Waals surface area contributed by atoms with Crippen molar-refractivity contribution >= 4 is 5.91 Å². The molecule has 0 unspecified atom stereocenters. The van der Waals surface area contributed by atoms with E-state index in [9.17, 15) is 18.0 Å². The van der Waals surface area contributed by atoms with Gasteiger partial charge in [0.1, 0.15) is 6.54 Å². The topological polar surface area (TPSA) is 32.3 Å². The van der Waals surface area contributed by atoms with Crippen molar-refractivity contribution in [2.24, 2.45) is 11.8 Å². The number of nitrogens with one attached hydrogen (secondary N) is 1. The molecule has 1 rings (SSSR count). The van der Waals surface area contributed by atoms with Gasteiger partial charge in [-0.2, -0.15) is 13.2 Å². The van der Waals surface area contributed by atoms with E-state index in [4.69, 9.17) is 0 Å². The van der Waals surface area contributed by atoms with Crippen molar-refractivity contribution < 1.29 is 18.0 Å². The molecule has 6 heteroatoms. The first-order valence-electron chi connectivity index (χ1n) is 4.83. The summed E-state index contributed by atoms with van der Waals surface area (Å²) in [5, 5.41) is 2.99. The molecule has 0 radical (unpaired) electrons. The molecule has 2 atom stereocenters. The Kier molecular flexibility index (Phi) is 3.59. The first-order chi connectivity index (χ1) is 6.81.